The van der Waals surface area contributed by atoms with Gasteiger partial charge < -0.3 is 5.11 Å². The van der Waals surface area contributed by atoms with E-state index in [9.17, 15) is 5.11 Å². The molecule has 0 fully saturated rings. The zero-order valence-electron chi connectivity index (χ0n) is 9.12. The standard InChI is InChI=1S/C12H12ClNOS/c1-7-3-4-9(5-8(7)2)11-10(6-15)16-12(13)14-11/h3-5,15H,6H2,1-2H3. The Morgan fingerprint density at radius 1 is 1.31 bits per heavy atom. The average molecular weight is 254 g/mol. The SMILES string of the molecule is Cc1ccc(-c2nc(Cl)sc2CO)cc1C. The lowest BCUT2D eigenvalue weighted by atomic mass is 10.0. The van der Waals surface area contributed by atoms with Crippen LogP contribution in [0.15, 0.2) is 18.2 Å². The van der Waals surface area contributed by atoms with Crippen molar-refractivity contribution < 1.29 is 5.11 Å². The van der Waals surface area contributed by atoms with Gasteiger partial charge in [0.1, 0.15) is 0 Å². The van der Waals surface area contributed by atoms with Crippen LogP contribution < -0.4 is 0 Å². The second kappa shape index (κ2) is 4.53. The molecule has 0 aliphatic heterocycles. The van der Waals surface area contributed by atoms with Gasteiger partial charge in [-0.2, -0.15) is 0 Å². The molecule has 2 nitrogen and oxygen atoms in total. The van der Waals surface area contributed by atoms with Gasteiger partial charge in [-0.3, -0.25) is 0 Å². The second-order valence-corrected chi connectivity index (χ2v) is 5.36. The minimum atomic E-state index is -0.0212. The van der Waals surface area contributed by atoms with E-state index in [1.165, 1.54) is 22.5 Å². The number of aliphatic hydroxyl groups is 1. The lowest BCUT2D eigenvalue weighted by molar-refractivity contribution is 0.286. The molecule has 0 saturated heterocycles. The van der Waals surface area contributed by atoms with Crippen molar-refractivity contribution in [3.8, 4) is 11.3 Å². The molecule has 1 aromatic heterocycles. The van der Waals surface area contributed by atoms with E-state index >= 15 is 0 Å². The third kappa shape index (κ3) is 2.12. The summed E-state index contributed by atoms with van der Waals surface area (Å²) in [5, 5.41) is 9.23. The van der Waals surface area contributed by atoms with Crippen LogP contribution >= 0.6 is 22.9 Å². The Bertz CT molecular complexity index is 522. The molecular weight excluding hydrogens is 242 g/mol. The maximum absolute atomic E-state index is 9.23. The monoisotopic (exact) mass is 253 g/mol. The predicted molar refractivity (Wildman–Crippen MR) is 68.0 cm³/mol. The molecule has 0 atom stereocenters. The van der Waals surface area contributed by atoms with Crippen molar-refractivity contribution in [2.45, 2.75) is 20.5 Å². The van der Waals surface area contributed by atoms with E-state index < -0.39 is 0 Å². The highest BCUT2D eigenvalue weighted by molar-refractivity contribution is 7.16. The molecule has 2 aromatic rings. The van der Waals surface area contributed by atoms with Gasteiger partial charge in [0, 0.05) is 5.56 Å². The van der Waals surface area contributed by atoms with Gasteiger partial charge in [0.05, 0.1) is 17.2 Å². The number of aliphatic hydroxyl groups excluding tert-OH is 1. The number of benzene rings is 1. The normalized spacial score (nSPS) is 10.8. The predicted octanol–water partition coefficient (Wildman–Crippen LogP) is 3.57. The van der Waals surface area contributed by atoms with Crippen molar-refractivity contribution in [1.82, 2.24) is 4.98 Å². The van der Waals surface area contributed by atoms with E-state index in [-0.39, 0.29) is 6.61 Å². The fraction of sp³-hybridized carbons (Fsp3) is 0.250. The molecule has 0 aliphatic rings. The lowest BCUT2D eigenvalue weighted by Gasteiger charge is -2.04. The molecule has 4 heteroatoms. The first-order valence-corrected chi connectivity index (χ1v) is 6.15. The molecule has 16 heavy (non-hydrogen) atoms. The molecule has 0 bridgehead atoms. The first-order valence-electron chi connectivity index (χ1n) is 4.95. The number of halogens is 1. The van der Waals surface area contributed by atoms with E-state index in [0.29, 0.717) is 4.47 Å². The molecule has 0 unspecified atom stereocenters. The Hall–Kier alpha value is -0.900. The van der Waals surface area contributed by atoms with Crippen LogP contribution in [0, 0.1) is 13.8 Å². The number of hydrogen-bond acceptors (Lipinski definition) is 3. The van der Waals surface area contributed by atoms with E-state index in [1.807, 2.05) is 6.07 Å². The van der Waals surface area contributed by atoms with Crippen LogP contribution in [0.3, 0.4) is 0 Å². The molecule has 1 heterocycles. The van der Waals surface area contributed by atoms with Gasteiger partial charge in [-0.15, -0.1) is 11.3 Å². The van der Waals surface area contributed by atoms with E-state index in [4.69, 9.17) is 11.6 Å². The van der Waals surface area contributed by atoms with Gasteiger partial charge in [0.15, 0.2) is 4.47 Å². The van der Waals surface area contributed by atoms with Crippen LogP contribution in [-0.2, 0) is 6.61 Å². The molecular formula is C12H12ClNOS. The maximum Gasteiger partial charge on any atom is 0.184 e. The van der Waals surface area contributed by atoms with Crippen molar-refractivity contribution >= 4 is 22.9 Å². The van der Waals surface area contributed by atoms with E-state index in [0.717, 1.165) is 16.1 Å². The molecule has 0 saturated carbocycles. The zero-order chi connectivity index (χ0) is 11.7. The van der Waals surface area contributed by atoms with Crippen molar-refractivity contribution in [2.24, 2.45) is 0 Å². The first-order chi connectivity index (χ1) is 7.61. The van der Waals surface area contributed by atoms with Gasteiger partial charge in [0.2, 0.25) is 0 Å². The summed E-state index contributed by atoms with van der Waals surface area (Å²) >= 11 is 7.19. The molecule has 84 valence electrons. The Morgan fingerprint density at radius 3 is 2.69 bits per heavy atom. The van der Waals surface area contributed by atoms with Gasteiger partial charge in [-0.25, -0.2) is 4.98 Å². The molecule has 1 aromatic carbocycles. The molecule has 0 spiro atoms. The fourth-order valence-electron chi connectivity index (χ4n) is 1.54. The number of aryl methyl sites for hydroxylation is 2. The Morgan fingerprint density at radius 2 is 2.06 bits per heavy atom. The molecule has 0 aliphatic carbocycles. The largest absolute Gasteiger partial charge is 0.391 e. The average Bonchev–Trinajstić information content (AvgIpc) is 2.63. The number of aromatic nitrogens is 1. The summed E-state index contributed by atoms with van der Waals surface area (Å²) in [6.45, 7) is 4.11. The Labute approximate surface area is 104 Å². The van der Waals surface area contributed by atoms with Crippen LogP contribution in [0.5, 0.6) is 0 Å². The van der Waals surface area contributed by atoms with E-state index in [2.05, 4.69) is 31.0 Å². The first kappa shape index (κ1) is 11.6. The Kier molecular flexibility index (Phi) is 3.28. The Balaban J connectivity index is 2.53. The highest BCUT2D eigenvalue weighted by Crippen LogP contribution is 2.31. The van der Waals surface area contributed by atoms with Crippen LogP contribution in [-0.4, -0.2) is 10.1 Å². The number of thiazole rings is 1. The highest BCUT2D eigenvalue weighted by atomic mass is 35.5. The van der Waals surface area contributed by atoms with E-state index in [1.54, 1.807) is 0 Å². The maximum atomic E-state index is 9.23. The number of nitrogens with zero attached hydrogens (tertiary/aromatic N) is 1. The summed E-state index contributed by atoms with van der Waals surface area (Å²) in [6, 6.07) is 6.13. The van der Waals surface area contributed by atoms with Crippen molar-refractivity contribution in [1.29, 1.82) is 0 Å². The zero-order valence-corrected chi connectivity index (χ0v) is 10.7. The third-order valence-corrected chi connectivity index (χ3v) is 3.74. The minimum absolute atomic E-state index is 0.0212. The van der Waals surface area contributed by atoms with Crippen LogP contribution in [0.1, 0.15) is 16.0 Å². The summed E-state index contributed by atoms with van der Waals surface area (Å²) < 4.78 is 0.470. The van der Waals surface area contributed by atoms with Crippen LogP contribution in [0.2, 0.25) is 4.47 Å². The van der Waals surface area contributed by atoms with Crippen LogP contribution in [0.4, 0.5) is 0 Å². The molecule has 0 radical (unpaired) electrons. The van der Waals surface area contributed by atoms with Gasteiger partial charge in [-0.1, -0.05) is 23.7 Å². The minimum Gasteiger partial charge on any atom is -0.391 e. The molecule has 1 N–H and O–H groups in total. The van der Waals surface area contributed by atoms with Crippen molar-refractivity contribution in [3.05, 3.63) is 38.7 Å². The lowest BCUT2D eigenvalue weighted by Crippen LogP contribution is -1.87. The smallest absolute Gasteiger partial charge is 0.184 e. The molecule has 2 rings (SSSR count). The van der Waals surface area contributed by atoms with Crippen molar-refractivity contribution in [3.63, 3.8) is 0 Å². The quantitative estimate of drug-likeness (QED) is 0.888. The van der Waals surface area contributed by atoms with Gasteiger partial charge >= 0.3 is 0 Å². The molecule has 0 amide bonds. The fourth-order valence-corrected chi connectivity index (χ4v) is 2.57. The number of rotatable bonds is 2. The summed E-state index contributed by atoms with van der Waals surface area (Å²) in [6.07, 6.45) is 0. The third-order valence-electron chi connectivity index (χ3n) is 2.60. The summed E-state index contributed by atoms with van der Waals surface area (Å²) in [5.74, 6) is 0. The summed E-state index contributed by atoms with van der Waals surface area (Å²) in [7, 11) is 0. The second-order valence-electron chi connectivity index (χ2n) is 3.70. The highest BCUT2D eigenvalue weighted by Gasteiger charge is 2.11. The topological polar surface area (TPSA) is 33.1 Å². The number of hydrogen-bond donors (Lipinski definition) is 1. The van der Waals surface area contributed by atoms with Crippen molar-refractivity contribution in [2.75, 3.05) is 0 Å². The van der Waals surface area contributed by atoms with Gasteiger partial charge in [0.25, 0.3) is 0 Å². The van der Waals surface area contributed by atoms with Crippen LogP contribution in [0.25, 0.3) is 11.3 Å². The van der Waals surface area contributed by atoms with Gasteiger partial charge in [-0.05, 0) is 31.0 Å². The summed E-state index contributed by atoms with van der Waals surface area (Å²) in [4.78, 5) is 5.06. The summed E-state index contributed by atoms with van der Waals surface area (Å²) in [5.41, 5.74) is 4.26.